The Morgan fingerprint density at radius 2 is 1.90 bits per heavy atom. The van der Waals surface area contributed by atoms with E-state index in [9.17, 15) is 15.0 Å². The quantitative estimate of drug-likeness (QED) is 0.132. The number of ether oxygens (including phenoxy) is 1. The molecule has 4 heteroatoms. The van der Waals surface area contributed by atoms with Crippen LogP contribution in [0.5, 0.6) is 0 Å². The van der Waals surface area contributed by atoms with E-state index in [0.717, 1.165) is 19.3 Å². The maximum atomic E-state index is 11.5. The molecule has 0 aromatic carbocycles. The van der Waals surface area contributed by atoms with Gasteiger partial charge < -0.3 is 14.9 Å². The summed E-state index contributed by atoms with van der Waals surface area (Å²) in [5.41, 5.74) is 3.01. The van der Waals surface area contributed by atoms with Crippen LogP contribution in [0.1, 0.15) is 78.6 Å². The highest BCUT2D eigenvalue weighted by molar-refractivity contribution is 5.77. The molecular formula is C25H40O4. The van der Waals surface area contributed by atoms with Crippen LogP contribution in [-0.4, -0.2) is 28.6 Å². The second-order valence-corrected chi connectivity index (χ2v) is 7.91. The minimum Gasteiger partial charge on any atom is -0.462 e. The Hall–Kier alpha value is -1.61. The largest absolute Gasteiger partial charge is 0.462 e. The molecule has 0 unspecified atom stereocenters. The minimum atomic E-state index is -2.49. The van der Waals surface area contributed by atoms with Crippen LogP contribution in [0.15, 0.2) is 42.2 Å². The van der Waals surface area contributed by atoms with Crippen molar-refractivity contribution >= 4 is 5.97 Å². The molecule has 0 radical (unpaired) electrons. The topological polar surface area (TPSA) is 66.8 Å². The number of allylic oxidation sites excluding steroid dienone is 4. The van der Waals surface area contributed by atoms with Gasteiger partial charge in [0.05, 0.1) is 6.61 Å². The van der Waals surface area contributed by atoms with Gasteiger partial charge in [-0.15, -0.1) is 5.73 Å². The maximum Gasteiger partial charge on any atom is 0.366 e. The molecule has 0 aromatic rings. The summed E-state index contributed by atoms with van der Waals surface area (Å²) in [6.07, 6.45) is 22.1. The van der Waals surface area contributed by atoms with Crippen LogP contribution < -0.4 is 0 Å². The fraction of sp³-hybridized carbons (Fsp3) is 0.680. The van der Waals surface area contributed by atoms with Gasteiger partial charge in [0.25, 0.3) is 5.79 Å². The van der Waals surface area contributed by atoms with Crippen LogP contribution in [-0.2, 0) is 9.53 Å². The molecule has 0 fully saturated rings. The average molecular weight is 405 g/mol. The highest BCUT2D eigenvalue weighted by Crippen LogP contribution is 2.37. The predicted octanol–water partition coefficient (Wildman–Crippen LogP) is 5.47. The fourth-order valence-electron chi connectivity index (χ4n) is 3.79. The third-order valence-corrected chi connectivity index (χ3v) is 5.44. The van der Waals surface area contributed by atoms with Crippen molar-refractivity contribution in [2.24, 2.45) is 17.8 Å². The lowest BCUT2D eigenvalue weighted by Crippen LogP contribution is -2.39. The predicted molar refractivity (Wildman–Crippen MR) is 118 cm³/mol. The smallest absolute Gasteiger partial charge is 0.366 e. The van der Waals surface area contributed by atoms with Crippen LogP contribution in [0.25, 0.3) is 0 Å². The van der Waals surface area contributed by atoms with E-state index in [4.69, 9.17) is 0 Å². The third kappa shape index (κ3) is 9.62. The zero-order valence-corrected chi connectivity index (χ0v) is 18.5. The lowest BCUT2D eigenvalue weighted by molar-refractivity contribution is -0.207. The van der Waals surface area contributed by atoms with Gasteiger partial charge in [-0.1, -0.05) is 63.8 Å². The lowest BCUT2D eigenvalue weighted by atomic mass is 9.83. The Labute approximate surface area is 177 Å². The van der Waals surface area contributed by atoms with Crippen molar-refractivity contribution in [2.75, 3.05) is 6.61 Å². The van der Waals surface area contributed by atoms with E-state index in [-0.39, 0.29) is 13.0 Å². The summed E-state index contributed by atoms with van der Waals surface area (Å²) in [7, 11) is 0. The van der Waals surface area contributed by atoms with Crippen LogP contribution >= 0.6 is 0 Å². The molecule has 0 aliphatic heterocycles. The Morgan fingerprint density at radius 3 is 2.59 bits per heavy atom. The first-order valence-corrected chi connectivity index (χ1v) is 11.3. The molecule has 29 heavy (non-hydrogen) atoms. The maximum absolute atomic E-state index is 11.5. The minimum absolute atomic E-state index is 0.113. The Bertz CT molecular complexity index is 582. The Morgan fingerprint density at radius 1 is 1.10 bits per heavy atom. The van der Waals surface area contributed by atoms with Crippen molar-refractivity contribution in [3.8, 4) is 0 Å². The van der Waals surface area contributed by atoms with Crippen LogP contribution in [0.2, 0.25) is 0 Å². The van der Waals surface area contributed by atoms with E-state index in [1.54, 1.807) is 6.92 Å². The van der Waals surface area contributed by atoms with E-state index in [0.29, 0.717) is 17.8 Å². The lowest BCUT2D eigenvalue weighted by Gasteiger charge is -2.22. The van der Waals surface area contributed by atoms with Gasteiger partial charge in [-0.2, -0.15) is 0 Å². The SMILES string of the molecule is CCCCCCC=C[C@H]1C=C[C@H](CCC)[C@H]1CC=C=CCC(O)(O)C(=O)OCC. The third-order valence-electron chi connectivity index (χ3n) is 5.44. The van der Waals surface area contributed by atoms with Crippen molar-refractivity contribution in [1.29, 1.82) is 0 Å². The summed E-state index contributed by atoms with van der Waals surface area (Å²) < 4.78 is 4.66. The number of carbonyl (C=O) groups is 1. The average Bonchev–Trinajstić information content (AvgIpc) is 3.06. The molecule has 4 nitrogen and oxygen atoms in total. The summed E-state index contributed by atoms with van der Waals surface area (Å²) in [4.78, 5) is 11.5. The first-order valence-electron chi connectivity index (χ1n) is 11.3. The van der Waals surface area contributed by atoms with Gasteiger partial charge >= 0.3 is 5.97 Å². The van der Waals surface area contributed by atoms with E-state index >= 15 is 0 Å². The van der Waals surface area contributed by atoms with Gasteiger partial charge in [-0.3, -0.25) is 0 Å². The van der Waals surface area contributed by atoms with Crippen molar-refractivity contribution in [3.63, 3.8) is 0 Å². The zero-order chi connectivity index (χ0) is 21.5. The second-order valence-electron chi connectivity index (χ2n) is 7.91. The van der Waals surface area contributed by atoms with Gasteiger partial charge in [0.2, 0.25) is 0 Å². The van der Waals surface area contributed by atoms with Crippen LogP contribution in [0.4, 0.5) is 0 Å². The molecule has 1 rings (SSSR count). The van der Waals surface area contributed by atoms with Gasteiger partial charge in [0.1, 0.15) is 0 Å². The summed E-state index contributed by atoms with van der Waals surface area (Å²) in [5, 5.41) is 19.5. The van der Waals surface area contributed by atoms with Gasteiger partial charge in [-0.05, 0) is 62.5 Å². The molecule has 0 saturated carbocycles. The number of carbonyl (C=O) groups excluding carboxylic acids is 1. The first-order chi connectivity index (χ1) is 14.0. The molecule has 0 amide bonds. The zero-order valence-electron chi connectivity index (χ0n) is 18.5. The van der Waals surface area contributed by atoms with Crippen molar-refractivity contribution in [2.45, 2.75) is 84.3 Å². The van der Waals surface area contributed by atoms with E-state index in [1.165, 1.54) is 38.2 Å². The number of hydrogen-bond donors (Lipinski definition) is 2. The van der Waals surface area contributed by atoms with Crippen molar-refractivity contribution < 1.29 is 19.7 Å². The van der Waals surface area contributed by atoms with E-state index in [1.807, 2.05) is 6.08 Å². The number of aliphatic hydroxyl groups is 2. The van der Waals surface area contributed by atoms with Gasteiger partial charge in [0, 0.05) is 6.42 Å². The molecule has 0 aromatic heterocycles. The van der Waals surface area contributed by atoms with E-state index in [2.05, 4.69) is 48.6 Å². The highest BCUT2D eigenvalue weighted by atomic mass is 16.6. The molecule has 3 atom stereocenters. The van der Waals surface area contributed by atoms with Crippen LogP contribution in [0, 0.1) is 17.8 Å². The molecule has 0 saturated heterocycles. The molecular weight excluding hydrogens is 364 g/mol. The molecule has 0 heterocycles. The van der Waals surface area contributed by atoms with Crippen molar-refractivity contribution in [1.82, 2.24) is 0 Å². The first kappa shape index (κ1) is 25.4. The Kier molecular flexibility index (Phi) is 12.6. The molecule has 0 bridgehead atoms. The number of hydrogen-bond acceptors (Lipinski definition) is 4. The van der Waals surface area contributed by atoms with Crippen molar-refractivity contribution in [3.05, 3.63) is 42.2 Å². The summed E-state index contributed by atoms with van der Waals surface area (Å²) in [6.45, 7) is 6.19. The Balaban J connectivity index is 2.59. The molecule has 1 aliphatic carbocycles. The highest BCUT2D eigenvalue weighted by Gasteiger charge is 2.33. The molecule has 164 valence electrons. The number of unbranched alkanes of at least 4 members (excludes halogenated alkanes) is 4. The molecule has 0 spiro atoms. The standard InChI is InChI=1S/C25H40O4/c1-4-7-8-9-10-12-16-22-19-18-21(15-5-2)23(22)17-13-11-14-20-25(27,28)24(26)29-6-3/h12-14,16,18-19,21-23,27-28H,4-10,15,17,20H2,1-3H3/t11?,21-,22-,23+/m0/s1. The second kappa shape index (κ2) is 14.4. The van der Waals surface area contributed by atoms with E-state index < -0.39 is 11.8 Å². The number of esters is 1. The fourth-order valence-corrected chi connectivity index (χ4v) is 3.79. The summed E-state index contributed by atoms with van der Waals surface area (Å²) in [5.74, 6) is -1.97. The normalized spacial score (nSPS) is 21.3. The molecule has 2 N–H and O–H groups in total. The number of rotatable bonds is 14. The summed E-state index contributed by atoms with van der Waals surface area (Å²) in [6, 6.07) is 0. The van der Waals surface area contributed by atoms with Gasteiger partial charge in [-0.25, -0.2) is 4.79 Å². The monoisotopic (exact) mass is 404 g/mol. The van der Waals surface area contributed by atoms with Gasteiger partial charge in [0.15, 0.2) is 0 Å². The van der Waals surface area contributed by atoms with Crippen LogP contribution in [0.3, 0.4) is 0 Å². The molecule has 1 aliphatic rings. The summed E-state index contributed by atoms with van der Waals surface area (Å²) >= 11 is 0.